The van der Waals surface area contributed by atoms with Crippen molar-refractivity contribution in [3.63, 3.8) is 0 Å². The van der Waals surface area contributed by atoms with Crippen LogP contribution < -0.4 is 0 Å². The van der Waals surface area contributed by atoms with Crippen LogP contribution in [0.15, 0.2) is 0 Å². The molecule has 0 saturated heterocycles. The molecule has 0 aromatic rings. The molecule has 0 spiro atoms. The predicted octanol–water partition coefficient (Wildman–Crippen LogP) is 0.399. The van der Waals surface area contributed by atoms with E-state index in [1.807, 2.05) is 0 Å². The van der Waals surface area contributed by atoms with Crippen LogP contribution in [-0.4, -0.2) is 22.9 Å². The van der Waals surface area contributed by atoms with Gasteiger partial charge in [0, 0.05) is 65.4 Å². The summed E-state index contributed by atoms with van der Waals surface area (Å²) in [5.41, 5.74) is 0. The third-order valence-electron chi connectivity index (χ3n) is 0.183. The van der Waals surface area contributed by atoms with E-state index in [0.717, 1.165) is 0 Å². The van der Waals surface area contributed by atoms with Gasteiger partial charge in [0.25, 0.3) is 0 Å². The second-order valence-electron chi connectivity index (χ2n) is 1.44. The van der Waals surface area contributed by atoms with E-state index in [2.05, 4.69) is 6.92 Å². The van der Waals surface area contributed by atoms with Crippen LogP contribution >= 0.6 is 0 Å². The molecule has 0 heterocycles. The maximum Gasteiger partial charge on any atom is 0 e. The first kappa shape index (κ1) is 22.7. The van der Waals surface area contributed by atoms with Crippen molar-refractivity contribution in [1.29, 1.82) is 0 Å². The van der Waals surface area contributed by atoms with Crippen molar-refractivity contribution >= 4 is 0 Å². The summed E-state index contributed by atoms with van der Waals surface area (Å²) in [7, 11) is 0. The van der Waals surface area contributed by atoms with Crippen LogP contribution in [0.25, 0.3) is 0 Å². The molecular weight excluding hydrogens is 282 g/mol. The van der Waals surface area contributed by atoms with Gasteiger partial charge in [0.15, 0.2) is 0 Å². The Hall–Kier alpha value is 2.13. The molecule has 58 valence electrons. The zero-order valence-corrected chi connectivity index (χ0v) is 12.3. The first-order chi connectivity index (χ1) is 3.65. The van der Waals surface area contributed by atoms with E-state index in [0.29, 0.717) is 0 Å². The van der Waals surface area contributed by atoms with Gasteiger partial charge >= 0.3 is 0 Å². The molecule has 1 unspecified atom stereocenters. The zero-order chi connectivity index (χ0) is 6.99. The van der Waals surface area contributed by atoms with Crippen molar-refractivity contribution in [3.8, 4) is 0 Å². The Balaban J connectivity index is -0.0000000300. The van der Waals surface area contributed by atoms with Gasteiger partial charge in [-0.25, -0.2) is 0 Å². The summed E-state index contributed by atoms with van der Waals surface area (Å²) < 4.78 is 0. The summed E-state index contributed by atoms with van der Waals surface area (Å²) in [6, 6.07) is 0. The summed E-state index contributed by atoms with van der Waals surface area (Å²) in [6.07, 6.45) is 1.26. The van der Waals surface area contributed by atoms with Crippen LogP contribution in [0, 0.1) is 13.3 Å². The van der Waals surface area contributed by atoms with E-state index in [1.54, 1.807) is 20.3 Å². The molecule has 0 amide bonds. The van der Waals surface area contributed by atoms with Crippen LogP contribution in [-0.2, 0) is 65.4 Å². The van der Waals surface area contributed by atoms with Gasteiger partial charge in [0.05, 0.1) is 0 Å². The zero-order valence-electron chi connectivity index (χ0n) is 6.62. The summed E-state index contributed by atoms with van der Waals surface area (Å²) in [6.45, 7) is 6.81. The van der Waals surface area contributed by atoms with Crippen LogP contribution in [0.5, 0.6) is 0 Å². The minimum atomic E-state index is -0.417. The van der Waals surface area contributed by atoms with Gasteiger partial charge < -0.3 is 23.6 Å². The Kier molecular flexibility index (Phi) is 51.1. The maximum atomic E-state index is 7.94. The van der Waals surface area contributed by atoms with Crippen molar-refractivity contribution in [1.82, 2.24) is 0 Å². The fraction of sp³-hybridized carbons (Fsp3) is 0.667. The van der Waals surface area contributed by atoms with Gasteiger partial charge in [-0.1, -0.05) is 19.6 Å². The first-order valence-corrected chi connectivity index (χ1v) is 2.55. The largest absolute Gasteiger partial charge is 0.428 e. The molecule has 0 bridgehead atoms. The molecule has 4 heteroatoms. The third kappa shape index (κ3) is 86.3. The molecule has 0 aliphatic rings. The Bertz CT molecular complexity index is 30.2. The van der Waals surface area contributed by atoms with E-state index >= 15 is 0 Å². The average molecular weight is 296 g/mol. The first-order valence-electron chi connectivity index (χ1n) is 2.55. The fourth-order valence-electron chi connectivity index (χ4n) is 0. The molecular formula is C6H14O2Y2-2. The Morgan fingerprint density at radius 2 is 1.60 bits per heavy atom. The molecule has 2 N–H and O–H groups in total. The second-order valence-corrected chi connectivity index (χ2v) is 1.44. The molecule has 0 fully saturated rings. The molecule has 2 radical (unpaired) electrons. The fourth-order valence-corrected chi connectivity index (χ4v) is 0. The van der Waals surface area contributed by atoms with Crippen molar-refractivity contribution in [2.45, 2.75) is 20.0 Å². The van der Waals surface area contributed by atoms with Gasteiger partial charge in [-0.3, -0.25) is 0 Å². The van der Waals surface area contributed by atoms with Gasteiger partial charge in [-0.15, -0.1) is 0 Å². The van der Waals surface area contributed by atoms with Gasteiger partial charge in [0.2, 0.25) is 0 Å². The van der Waals surface area contributed by atoms with Gasteiger partial charge in [-0.2, -0.15) is 6.92 Å². The number of aliphatic hydroxyl groups excluding tert-OH is 2. The quantitative estimate of drug-likeness (QED) is 0.688. The molecule has 0 aromatic heterocycles. The Morgan fingerprint density at radius 3 is 1.60 bits per heavy atom. The Labute approximate surface area is 114 Å². The molecule has 2 nitrogen and oxygen atoms in total. The molecule has 0 aliphatic heterocycles. The van der Waals surface area contributed by atoms with E-state index in [4.69, 9.17) is 10.2 Å². The van der Waals surface area contributed by atoms with Crippen LogP contribution in [0.2, 0.25) is 0 Å². The number of hydrogen-bond donors (Lipinski definition) is 2. The summed E-state index contributed by atoms with van der Waals surface area (Å²) in [4.78, 5) is 0. The Morgan fingerprint density at radius 1 is 1.50 bits per heavy atom. The van der Waals surface area contributed by atoms with E-state index in [1.165, 1.54) is 0 Å². The smallest absolute Gasteiger partial charge is 0 e. The van der Waals surface area contributed by atoms with Crippen molar-refractivity contribution < 1.29 is 75.6 Å². The molecule has 0 aliphatic carbocycles. The van der Waals surface area contributed by atoms with Crippen molar-refractivity contribution in [2.75, 3.05) is 6.61 Å². The number of hydrogen-bond acceptors (Lipinski definition) is 2. The standard InChI is InChI=1S/2C3H7O.2Y/c1-3(2)4;1-2-3-4;;/h3-4H,1H2,2H3;2,4H,3H2,1H3;;/q2*-1;;. The van der Waals surface area contributed by atoms with E-state index in [-0.39, 0.29) is 72.0 Å². The molecule has 0 aromatic carbocycles. The molecule has 1 atom stereocenters. The minimum Gasteiger partial charge on any atom is -0.428 e. The summed E-state index contributed by atoms with van der Waals surface area (Å²) in [5, 5.41) is 15.8. The van der Waals surface area contributed by atoms with Crippen molar-refractivity contribution in [2.24, 2.45) is 0 Å². The molecule has 0 rings (SSSR count). The molecule has 0 saturated carbocycles. The molecule has 10 heavy (non-hydrogen) atoms. The summed E-state index contributed by atoms with van der Waals surface area (Å²) in [5.74, 6) is 0. The number of aliphatic hydroxyl groups is 2. The van der Waals surface area contributed by atoms with Gasteiger partial charge in [0.1, 0.15) is 0 Å². The normalized spacial score (nSPS) is 9.30. The van der Waals surface area contributed by atoms with Crippen molar-refractivity contribution in [3.05, 3.63) is 13.3 Å². The second kappa shape index (κ2) is 22.5. The maximum absolute atomic E-state index is 7.94. The summed E-state index contributed by atoms with van der Waals surface area (Å²) >= 11 is 0. The minimum absolute atomic E-state index is 0. The topological polar surface area (TPSA) is 40.5 Å². The monoisotopic (exact) mass is 296 g/mol. The van der Waals surface area contributed by atoms with Gasteiger partial charge in [-0.05, 0) is 0 Å². The number of rotatable bonds is 1. The SMILES string of the molecule is C[CH-]CO.[CH2-]C(C)O.[Y].[Y]. The predicted molar refractivity (Wildman–Crippen MR) is 34.1 cm³/mol. The third-order valence-corrected chi connectivity index (χ3v) is 0.183. The van der Waals surface area contributed by atoms with Crippen LogP contribution in [0.4, 0.5) is 0 Å². The van der Waals surface area contributed by atoms with E-state index < -0.39 is 6.10 Å². The van der Waals surface area contributed by atoms with E-state index in [9.17, 15) is 0 Å². The average Bonchev–Trinajstić information content (AvgIpc) is 1.65. The van der Waals surface area contributed by atoms with Crippen LogP contribution in [0.3, 0.4) is 0 Å². The van der Waals surface area contributed by atoms with Crippen LogP contribution in [0.1, 0.15) is 13.8 Å².